The van der Waals surface area contributed by atoms with Gasteiger partial charge in [-0.25, -0.2) is 9.97 Å². The number of primary amides is 1. The van der Waals surface area contributed by atoms with Crippen LogP contribution in [0.3, 0.4) is 0 Å². The predicted octanol–water partition coefficient (Wildman–Crippen LogP) is 1.51. The van der Waals surface area contributed by atoms with E-state index >= 15 is 0 Å². The molecule has 1 saturated heterocycles. The number of hydrogen-bond acceptors (Lipinski definition) is 7. The lowest BCUT2D eigenvalue weighted by Crippen LogP contribution is -2.47. The minimum atomic E-state index is -0.537. The summed E-state index contributed by atoms with van der Waals surface area (Å²) in [7, 11) is 3.85. The van der Waals surface area contributed by atoms with Gasteiger partial charge >= 0.3 is 0 Å². The molecule has 0 unspecified atom stereocenters. The van der Waals surface area contributed by atoms with E-state index in [4.69, 9.17) is 10.7 Å². The topological polar surface area (TPSA) is 122 Å². The number of aryl methyl sites for hydroxylation is 3. The van der Waals surface area contributed by atoms with E-state index in [1.54, 1.807) is 17.9 Å². The highest BCUT2D eigenvalue weighted by atomic mass is 16.2. The van der Waals surface area contributed by atoms with Crippen molar-refractivity contribution in [2.45, 2.75) is 19.8 Å². The summed E-state index contributed by atoms with van der Waals surface area (Å²) in [5.41, 5.74) is 11.6. The van der Waals surface area contributed by atoms with Crippen molar-refractivity contribution < 1.29 is 9.59 Å². The van der Waals surface area contributed by atoms with Crippen molar-refractivity contribution in [1.82, 2.24) is 29.5 Å². The molecule has 2 aromatic heterocycles. The molecule has 0 radical (unpaired) electrons. The number of nitrogens with zero attached hydrogens (tertiary/aromatic N) is 6. The minimum Gasteiger partial charge on any atom is -0.364 e. The van der Waals surface area contributed by atoms with Crippen LogP contribution in [0.1, 0.15) is 37.5 Å². The number of anilines is 2. The van der Waals surface area contributed by atoms with Crippen LogP contribution in [0.25, 0.3) is 11.4 Å². The standard InChI is InChI=1S/C24H28N8O2/c1-14-4-5-15(23(34)32-10-8-30(2)9-11-32)12-18(14)27-24-26-13-16-6-7-17-20(22(25)33)29-31(3)21(17)19(16)28-24/h4-5,12-13H,6-11H2,1-3H3,(H2,25,33)(H,26,27,28). The molecule has 3 aromatic rings. The van der Waals surface area contributed by atoms with E-state index in [1.807, 2.05) is 30.0 Å². The number of carbonyl (C=O) groups excluding carboxylic acids is 2. The summed E-state index contributed by atoms with van der Waals surface area (Å²) in [5.74, 6) is -0.0908. The average Bonchev–Trinajstić information content (AvgIpc) is 3.18. The highest BCUT2D eigenvalue weighted by Crippen LogP contribution is 2.34. The quantitative estimate of drug-likeness (QED) is 0.605. The van der Waals surface area contributed by atoms with Gasteiger partial charge in [0.1, 0.15) is 0 Å². The van der Waals surface area contributed by atoms with Gasteiger partial charge in [0.25, 0.3) is 11.8 Å². The Morgan fingerprint density at radius 2 is 1.85 bits per heavy atom. The lowest BCUT2D eigenvalue weighted by atomic mass is 9.93. The van der Waals surface area contributed by atoms with E-state index in [2.05, 4.69) is 27.3 Å². The number of benzene rings is 1. The summed E-state index contributed by atoms with van der Waals surface area (Å²) in [6, 6.07) is 5.66. The van der Waals surface area contributed by atoms with E-state index in [9.17, 15) is 9.59 Å². The van der Waals surface area contributed by atoms with Crippen molar-refractivity contribution in [3.8, 4) is 11.4 Å². The summed E-state index contributed by atoms with van der Waals surface area (Å²) in [5, 5.41) is 7.60. The molecule has 34 heavy (non-hydrogen) atoms. The molecule has 2 amide bonds. The molecule has 1 aromatic carbocycles. The molecule has 3 heterocycles. The largest absolute Gasteiger partial charge is 0.364 e. The molecule has 1 aliphatic heterocycles. The number of aromatic nitrogens is 4. The van der Waals surface area contributed by atoms with E-state index in [0.29, 0.717) is 30.0 Å². The van der Waals surface area contributed by atoms with Gasteiger partial charge in [-0.3, -0.25) is 14.3 Å². The maximum atomic E-state index is 13.0. The number of amides is 2. The van der Waals surface area contributed by atoms with Crippen LogP contribution in [-0.4, -0.2) is 74.6 Å². The Balaban J connectivity index is 1.44. The van der Waals surface area contributed by atoms with Gasteiger partial charge < -0.3 is 20.9 Å². The number of nitrogens with one attached hydrogen (secondary N) is 1. The second kappa shape index (κ2) is 8.53. The van der Waals surface area contributed by atoms with Crippen LogP contribution in [0.4, 0.5) is 11.6 Å². The second-order valence-electron chi connectivity index (χ2n) is 8.98. The first kappa shape index (κ1) is 22.0. The number of hydrogen-bond donors (Lipinski definition) is 2. The van der Waals surface area contributed by atoms with Crippen LogP contribution in [-0.2, 0) is 19.9 Å². The van der Waals surface area contributed by atoms with Crippen LogP contribution in [0, 0.1) is 6.92 Å². The Hall–Kier alpha value is -3.79. The highest BCUT2D eigenvalue weighted by Gasteiger charge is 2.28. The maximum absolute atomic E-state index is 13.0. The molecule has 1 aliphatic carbocycles. The van der Waals surface area contributed by atoms with Crippen LogP contribution in [0.15, 0.2) is 24.4 Å². The summed E-state index contributed by atoms with van der Waals surface area (Å²) >= 11 is 0. The van der Waals surface area contributed by atoms with Gasteiger partial charge in [0, 0.05) is 56.2 Å². The molecular weight excluding hydrogens is 432 g/mol. The first-order valence-electron chi connectivity index (χ1n) is 11.4. The average molecular weight is 461 g/mol. The Kier molecular flexibility index (Phi) is 5.52. The fraction of sp³-hybridized carbons (Fsp3) is 0.375. The first-order valence-corrected chi connectivity index (χ1v) is 11.4. The van der Waals surface area contributed by atoms with Gasteiger partial charge in [0.05, 0.1) is 11.4 Å². The van der Waals surface area contributed by atoms with E-state index in [0.717, 1.165) is 59.9 Å². The van der Waals surface area contributed by atoms with Gasteiger partial charge in [-0.1, -0.05) is 6.07 Å². The third kappa shape index (κ3) is 3.90. The van der Waals surface area contributed by atoms with Crippen molar-refractivity contribution in [2.75, 3.05) is 38.5 Å². The van der Waals surface area contributed by atoms with Gasteiger partial charge in [0.2, 0.25) is 5.95 Å². The zero-order valence-corrected chi connectivity index (χ0v) is 19.6. The summed E-state index contributed by atoms with van der Waals surface area (Å²) in [6.07, 6.45) is 3.18. The number of fused-ring (bicyclic) bond motifs is 3. The van der Waals surface area contributed by atoms with Crippen LogP contribution in [0.5, 0.6) is 0 Å². The van der Waals surface area contributed by atoms with Crippen molar-refractivity contribution in [3.05, 3.63) is 52.3 Å². The Morgan fingerprint density at radius 3 is 2.59 bits per heavy atom. The van der Waals surface area contributed by atoms with Crippen molar-refractivity contribution in [1.29, 1.82) is 0 Å². The van der Waals surface area contributed by atoms with Gasteiger partial charge in [0.15, 0.2) is 5.69 Å². The molecule has 0 bridgehead atoms. The Bertz CT molecular complexity index is 1290. The van der Waals surface area contributed by atoms with Crippen molar-refractivity contribution >= 4 is 23.5 Å². The summed E-state index contributed by atoms with van der Waals surface area (Å²) in [4.78, 5) is 38.3. The lowest BCUT2D eigenvalue weighted by molar-refractivity contribution is 0.0664. The number of nitrogens with two attached hydrogens (primary N) is 1. The highest BCUT2D eigenvalue weighted by molar-refractivity contribution is 5.96. The second-order valence-corrected chi connectivity index (χ2v) is 8.98. The minimum absolute atomic E-state index is 0.0287. The molecule has 0 atom stereocenters. The first-order chi connectivity index (χ1) is 16.3. The van der Waals surface area contributed by atoms with Crippen LogP contribution < -0.4 is 11.1 Å². The smallest absolute Gasteiger partial charge is 0.269 e. The number of likely N-dealkylation sites (N-methyl/N-ethyl adjacent to an activating group) is 1. The third-order valence-electron chi connectivity index (χ3n) is 6.63. The van der Waals surface area contributed by atoms with Gasteiger partial charge in [-0.05, 0) is 50.1 Å². The molecule has 10 heteroatoms. The molecule has 176 valence electrons. The van der Waals surface area contributed by atoms with Gasteiger partial charge in [-0.15, -0.1) is 0 Å². The van der Waals surface area contributed by atoms with Crippen LogP contribution >= 0.6 is 0 Å². The fourth-order valence-electron chi connectivity index (χ4n) is 4.62. The lowest BCUT2D eigenvalue weighted by Gasteiger charge is -2.32. The molecule has 2 aliphatic rings. The Labute approximate surface area is 197 Å². The molecule has 5 rings (SSSR count). The zero-order chi connectivity index (χ0) is 24.0. The maximum Gasteiger partial charge on any atom is 0.269 e. The number of rotatable bonds is 4. The molecule has 3 N–H and O–H groups in total. The monoisotopic (exact) mass is 460 g/mol. The molecule has 0 saturated carbocycles. The van der Waals surface area contributed by atoms with Crippen molar-refractivity contribution in [3.63, 3.8) is 0 Å². The Morgan fingerprint density at radius 1 is 1.09 bits per heavy atom. The SMILES string of the molecule is Cc1ccc(C(=O)N2CCN(C)CC2)cc1Nc1ncc2c(n1)-c1c(c(C(N)=O)nn1C)CC2. The molecular formula is C24H28N8O2. The summed E-state index contributed by atoms with van der Waals surface area (Å²) < 4.78 is 1.66. The van der Waals surface area contributed by atoms with E-state index in [1.165, 1.54) is 0 Å². The van der Waals surface area contributed by atoms with Gasteiger partial charge in [-0.2, -0.15) is 5.10 Å². The van der Waals surface area contributed by atoms with E-state index in [-0.39, 0.29) is 5.91 Å². The zero-order valence-electron chi connectivity index (χ0n) is 19.6. The molecule has 10 nitrogen and oxygen atoms in total. The third-order valence-corrected chi connectivity index (χ3v) is 6.63. The fourth-order valence-corrected chi connectivity index (χ4v) is 4.62. The molecule has 1 fully saturated rings. The predicted molar refractivity (Wildman–Crippen MR) is 128 cm³/mol. The number of piperazine rings is 1. The number of carbonyl (C=O) groups is 2. The normalized spacial score (nSPS) is 15.6. The molecule has 0 spiro atoms. The summed E-state index contributed by atoms with van der Waals surface area (Å²) in [6.45, 7) is 5.17. The van der Waals surface area contributed by atoms with Crippen molar-refractivity contribution in [2.24, 2.45) is 12.8 Å². The van der Waals surface area contributed by atoms with E-state index < -0.39 is 5.91 Å². The van der Waals surface area contributed by atoms with Crippen LogP contribution in [0.2, 0.25) is 0 Å².